The topological polar surface area (TPSA) is 73.9 Å². The van der Waals surface area contributed by atoms with Gasteiger partial charge >= 0.3 is 5.97 Å². The number of methoxy groups -OCH3 is 1. The average Bonchev–Trinajstić information content (AvgIpc) is 3.20. The number of benzene rings is 2. The van der Waals surface area contributed by atoms with E-state index in [2.05, 4.69) is 5.32 Å². The lowest BCUT2D eigenvalue weighted by atomic mass is 9.99. The molecule has 3 aromatic rings. The predicted octanol–water partition coefficient (Wildman–Crippen LogP) is 7.62. The summed E-state index contributed by atoms with van der Waals surface area (Å²) in [5, 5.41) is 3.52. The molecule has 37 heavy (non-hydrogen) atoms. The van der Waals surface area contributed by atoms with Gasteiger partial charge in [-0.2, -0.15) is 0 Å². The molecular weight excluding hydrogens is 557 g/mol. The number of amides is 1. The van der Waals surface area contributed by atoms with Crippen molar-refractivity contribution in [3.63, 3.8) is 0 Å². The minimum atomic E-state index is -0.714. The average molecular weight is 583 g/mol. The van der Waals surface area contributed by atoms with Crippen molar-refractivity contribution in [3.05, 3.63) is 90.0 Å². The fourth-order valence-electron chi connectivity index (χ4n) is 4.17. The van der Waals surface area contributed by atoms with Gasteiger partial charge in [-0.1, -0.05) is 59.1 Å². The lowest BCUT2D eigenvalue weighted by Gasteiger charge is -2.29. The third kappa shape index (κ3) is 6.66. The Balaban J connectivity index is 1.64. The Morgan fingerprint density at radius 2 is 1.81 bits per heavy atom. The highest BCUT2D eigenvalue weighted by atomic mass is 35.5. The quantitative estimate of drug-likeness (QED) is 0.277. The van der Waals surface area contributed by atoms with E-state index >= 15 is 0 Å². The molecule has 1 aliphatic rings. The maximum absolute atomic E-state index is 13.6. The Morgan fingerprint density at radius 1 is 1.05 bits per heavy atom. The second kappa shape index (κ2) is 12.6. The number of thiophene rings is 1. The zero-order valence-corrected chi connectivity index (χ0v) is 23.3. The Bertz CT molecular complexity index is 1260. The normalized spacial score (nSPS) is 17.2. The fraction of sp³-hybridized carbons (Fsp3) is 0.333. The van der Waals surface area contributed by atoms with Crippen LogP contribution in [0.4, 0.5) is 0 Å². The Hall–Kier alpha value is -2.13. The lowest BCUT2D eigenvalue weighted by molar-refractivity contribution is -0.181. The Kier molecular flexibility index (Phi) is 9.51. The number of esters is 1. The minimum Gasteiger partial charge on any atom is -0.465 e. The first kappa shape index (κ1) is 27.9. The summed E-state index contributed by atoms with van der Waals surface area (Å²) >= 11 is 20.6. The van der Waals surface area contributed by atoms with E-state index in [0.29, 0.717) is 27.1 Å². The summed E-state index contributed by atoms with van der Waals surface area (Å²) in [5.74, 6) is -0.825. The number of hydrogen-bond donors (Lipinski definition) is 1. The smallest absolute Gasteiger partial charge is 0.337 e. The summed E-state index contributed by atoms with van der Waals surface area (Å²) in [5.41, 5.74) is 2.68. The standard InChI is InChI=1S/C27H26Cl3NO5S/c1-15(16-9-11-17(12-10-16)27(33)34-2)31-26(32)22-21(24(29)37-25(22)30)23(18-6-5-7-19(28)14-18)36-20-8-3-4-13-35-20/h5-7,9-12,14-15,20,23H,3-4,8,13H2,1-2H3,(H,31,32). The van der Waals surface area contributed by atoms with Gasteiger partial charge < -0.3 is 19.5 Å². The van der Waals surface area contributed by atoms with Crippen LogP contribution < -0.4 is 5.32 Å². The molecule has 1 aromatic heterocycles. The van der Waals surface area contributed by atoms with Crippen molar-refractivity contribution in [2.75, 3.05) is 13.7 Å². The third-order valence-corrected chi connectivity index (χ3v) is 7.98. The zero-order chi connectivity index (χ0) is 26.5. The van der Waals surface area contributed by atoms with Gasteiger partial charge in [0.1, 0.15) is 14.8 Å². The molecule has 0 spiro atoms. The van der Waals surface area contributed by atoms with Crippen LogP contribution >= 0.6 is 46.1 Å². The lowest BCUT2D eigenvalue weighted by Crippen LogP contribution is -2.29. The fourth-order valence-corrected chi connectivity index (χ4v) is 6.11. The number of nitrogens with one attached hydrogen (secondary N) is 1. The first-order chi connectivity index (χ1) is 17.8. The molecular formula is C27H26Cl3NO5S. The largest absolute Gasteiger partial charge is 0.465 e. The van der Waals surface area contributed by atoms with Crippen LogP contribution in [0, 0.1) is 0 Å². The van der Waals surface area contributed by atoms with Gasteiger partial charge in [-0.05, 0) is 61.6 Å². The molecule has 196 valence electrons. The molecule has 0 saturated carbocycles. The van der Waals surface area contributed by atoms with Gasteiger partial charge in [0.2, 0.25) is 0 Å². The second-order valence-corrected chi connectivity index (χ2v) is 11.3. The van der Waals surface area contributed by atoms with Crippen LogP contribution in [0.15, 0.2) is 48.5 Å². The number of rotatable bonds is 8. The van der Waals surface area contributed by atoms with Gasteiger partial charge in [-0.3, -0.25) is 4.79 Å². The number of halogens is 3. The van der Waals surface area contributed by atoms with E-state index in [9.17, 15) is 9.59 Å². The van der Waals surface area contributed by atoms with Gasteiger partial charge in [-0.25, -0.2) is 4.79 Å². The SMILES string of the molecule is COC(=O)c1ccc(C(C)NC(=O)c2c(Cl)sc(Cl)c2C(OC2CCCCO2)c2cccc(Cl)c2)cc1. The Morgan fingerprint density at radius 3 is 2.46 bits per heavy atom. The monoisotopic (exact) mass is 581 g/mol. The zero-order valence-electron chi connectivity index (χ0n) is 20.3. The van der Waals surface area contributed by atoms with Crippen LogP contribution in [-0.4, -0.2) is 31.9 Å². The molecule has 1 amide bonds. The molecule has 1 fully saturated rings. The van der Waals surface area contributed by atoms with Gasteiger partial charge in [0.05, 0.1) is 24.3 Å². The van der Waals surface area contributed by atoms with Crippen LogP contribution in [0.25, 0.3) is 0 Å². The van der Waals surface area contributed by atoms with E-state index in [1.807, 2.05) is 19.1 Å². The van der Waals surface area contributed by atoms with E-state index in [1.54, 1.807) is 36.4 Å². The van der Waals surface area contributed by atoms with E-state index in [0.717, 1.165) is 41.7 Å². The van der Waals surface area contributed by atoms with Crippen LogP contribution in [0.1, 0.15) is 75.7 Å². The molecule has 0 radical (unpaired) electrons. The maximum Gasteiger partial charge on any atom is 0.337 e. The number of ether oxygens (including phenoxy) is 3. The van der Waals surface area contributed by atoms with Crippen molar-refractivity contribution in [2.45, 2.75) is 44.6 Å². The van der Waals surface area contributed by atoms with Crippen molar-refractivity contribution in [1.29, 1.82) is 0 Å². The first-order valence-electron chi connectivity index (χ1n) is 11.8. The molecule has 4 rings (SSSR count). The van der Waals surface area contributed by atoms with Gasteiger partial charge in [0.15, 0.2) is 6.29 Å². The van der Waals surface area contributed by atoms with Crippen molar-refractivity contribution in [1.82, 2.24) is 5.32 Å². The number of carbonyl (C=O) groups is 2. The summed E-state index contributed by atoms with van der Waals surface area (Å²) in [6, 6.07) is 13.7. The van der Waals surface area contributed by atoms with Crippen LogP contribution in [0.5, 0.6) is 0 Å². The maximum atomic E-state index is 13.6. The number of carbonyl (C=O) groups excluding carboxylic acids is 2. The van der Waals surface area contributed by atoms with E-state index in [1.165, 1.54) is 7.11 Å². The molecule has 0 aliphatic carbocycles. The van der Waals surface area contributed by atoms with E-state index < -0.39 is 24.3 Å². The molecule has 3 unspecified atom stereocenters. The van der Waals surface area contributed by atoms with Crippen LogP contribution in [0.2, 0.25) is 13.7 Å². The molecule has 2 heterocycles. The second-order valence-electron chi connectivity index (χ2n) is 8.61. The van der Waals surface area contributed by atoms with Crippen LogP contribution in [-0.2, 0) is 14.2 Å². The molecule has 1 aliphatic heterocycles. The van der Waals surface area contributed by atoms with Crippen molar-refractivity contribution in [3.8, 4) is 0 Å². The minimum absolute atomic E-state index is 0.246. The van der Waals surface area contributed by atoms with Crippen molar-refractivity contribution < 1.29 is 23.8 Å². The molecule has 6 nitrogen and oxygen atoms in total. The van der Waals surface area contributed by atoms with Gasteiger partial charge in [-0.15, -0.1) is 11.3 Å². The third-order valence-electron chi connectivity index (χ3n) is 6.10. The van der Waals surface area contributed by atoms with Gasteiger partial charge in [0, 0.05) is 17.2 Å². The molecule has 1 saturated heterocycles. The van der Waals surface area contributed by atoms with Crippen LogP contribution in [0.3, 0.4) is 0 Å². The highest BCUT2D eigenvalue weighted by Crippen LogP contribution is 2.45. The predicted molar refractivity (Wildman–Crippen MR) is 146 cm³/mol. The molecule has 10 heteroatoms. The first-order valence-corrected chi connectivity index (χ1v) is 13.7. The summed E-state index contributed by atoms with van der Waals surface area (Å²) in [6.07, 6.45) is 1.51. The summed E-state index contributed by atoms with van der Waals surface area (Å²) in [4.78, 5) is 25.3. The van der Waals surface area contributed by atoms with Gasteiger partial charge in [0.25, 0.3) is 5.91 Å². The van der Waals surface area contributed by atoms with E-state index in [4.69, 9.17) is 49.0 Å². The summed E-state index contributed by atoms with van der Waals surface area (Å²) in [6.45, 7) is 2.44. The molecule has 1 N–H and O–H groups in total. The molecule has 2 aromatic carbocycles. The highest BCUT2D eigenvalue weighted by Gasteiger charge is 2.33. The molecule has 0 bridgehead atoms. The van der Waals surface area contributed by atoms with E-state index in [-0.39, 0.29) is 15.9 Å². The molecule has 3 atom stereocenters. The highest BCUT2D eigenvalue weighted by molar-refractivity contribution is 7.20. The Labute approximate surface area is 234 Å². The summed E-state index contributed by atoms with van der Waals surface area (Å²) < 4.78 is 17.6. The summed E-state index contributed by atoms with van der Waals surface area (Å²) in [7, 11) is 1.33. The van der Waals surface area contributed by atoms with Crippen molar-refractivity contribution >= 4 is 58.0 Å². The number of hydrogen-bond acceptors (Lipinski definition) is 6. The van der Waals surface area contributed by atoms with Crippen molar-refractivity contribution in [2.24, 2.45) is 0 Å².